The van der Waals surface area contributed by atoms with Crippen molar-refractivity contribution in [3.63, 3.8) is 0 Å². The molecular weight excluding hydrogens is 366 g/mol. The van der Waals surface area contributed by atoms with Crippen molar-refractivity contribution in [1.82, 2.24) is 0 Å². The van der Waals surface area contributed by atoms with Crippen molar-refractivity contribution in [3.8, 4) is 11.1 Å². The molecule has 0 spiro atoms. The number of hydrogen-bond acceptors (Lipinski definition) is 2. The molecule has 0 bridgehead atoms. The number of benzene rings is 2. The van der Waals surface area contributed by atoms with Crippen molar-refractivity contribution in [2.75, 3.05) is 11.5 Å². The largest absolute Gasteiger partial charge is 0.397 e. The predicted molar refractivity (Wildman–Crippen MR) is 87.2 cm³/mol. The third kappa shape index (κ3) is 5.14. The fraction of sp³-hybridized carbons (Fsp3) is 0.0667. The summed E-state index contributed by atoms with van der Waals surface area (Å²) in [6.45, 7) is 3.55. The van der Waals surface area contributed by atoms with E-state index in [4.69, 9.17) is 11.5 Å². The van der Waals surface area contributed by atoms with Crippen LogP contribution in [0.5, 0.6) is 0 Å². The first-order chi connectivity index (χ1) is 9.20. The zero-order chi connectivity index (χ0) is 14.1. The van der Waals surface area contributed by atoms with Gasteiger partial charge in [0.15, 0.2) is 0 Å². The number of para-hydroxylation sites is 1. The molecule has 2 rings (SSSR count). The molecule has 0 aromatic heterocycles. The standard InChI is InChI=1S/C12H12N2.C3H5Se2/c13-11-8-4-7-10(12(11)14)9-5-2-1-3-6-9;1-2-3-5-4/h1-8H,13-14H2;2H,1,3H2. The smallest absolute Gasteiger partial charge is 0.0627 e. The van der Waals surface area contributed by atoms with Crippen LogP contribution in [-0.4, -0.2) is 27.3 Å². The number of hydrogen-bond donors (Lipinski definition) is 2. The van der Waals surface area contributed by atoms with Gasteiger partial charge in [0.2, 0.25) is 0 Å². The van der Waals surface area contributed by atoms with Crippen molar-refractivity contribution in [1.29, 1.82) is 0 Å². The second kappa shape index (κ2) is 8.84. The molecule has 2 aromatic rings. The van der Waals surface area contributed by atoms with Gasteiger partial charge in [0.25, 0.3) is 0 Å². The minimum absolute atomic E-state index is 0.631. The van der Waals surface area contributed by atoms with Crippen LogP contribution in [0.15, 0.2) is 61.2 Å². The molecule has 0 saturated heterocycles. The maximum absolute atomic E-state index is 5.89. The molecular formula is C15H17N2Se2. The van der Waals surface area contributed by atoms with Gasteiger partial charge in [0.1, 0.15) is 0 Å². The second-order valence-corrected chi connectivity index (χ2v) is 7.51. The molecule has 99 valence electrons. The molecule has 2 nitrogen and oxygen atoms in total. The molecule has 4 N–H and O–H groups in total. The summed E-state index contributed by atoms with van der Waals surface area (Å²) in [5.74, 6) is 0. The normalized spacial score (nSPS) is 9.32. The van der Waals surface area contributed by atoms with Gasteiger partial charge in [0, 0.05) is 5.56 Å². The van der Waals surface area contributed by atoms with Gasteiger partial charge in [-0.05, 0) is 11.6 Å². The minimum atomic E-state index is 0.631. The van der Waals surface area contributed by atoms with E-state index in [1.165, 1.54) is 0 Å². The van der Waals surface area contributed by atoms with Crippen LogP contribution in [0, 0.1) is 0 Å². The number of allylic oxidation sites excluding steroid dienone is 1. The van der Waals surface area contributed by atoms with E-state index in [0.717, 1.165) is 16.4 Å². The van der Waals surface area contributed by atoms with Gasteiger partial charge in [-0.3, -0.25) is 0 Å². The van der Waals surface area contributed by atoms with Crippen molar-refractivity contribution >= 4 is 38.7 Å². The Morgan fingerprint density at radius 3 is 2.26 bits per heavy atom. The topological polar surface area (TPSA) is 52.0 Å². The predicted octanol–water partition coefficient (Wildman–Crippen LogP) is 2.90. The molecule has 0 unspecified atom stereocenters. The summed E-state index contributed by atoms with van der Waals surface area (Å²) in [6.07, 6.45) is 1.93. The average Bonchev–Trinajstić information content (AvgIpc) is 2.44. The molecule has 2 aromatic carbocycles. The Bertz CT molecular complexity index is 513. The van der Waals surface area contributed by atoms with Crippen molar-refractivity contribution in [2.45, 2.75) is 5.32 Å². The van der Waals surface area contributed by atoms with Gasteiger partial charge in [-0.25, -0.2) is 0 Å². The van der Waals surface area contributed by atoms with E-state index in [1.54, 1.807) is 0 Å². The van der Waals surface area contributed by atoms with Crippen LogP contribution < -0.4 is 11.5 Å². The molecule has 19 heavy (non-hydrogen) atoms. The third-order valence-corrected chi connectivity index (χ3v) is 4.67. The molecule has 0 aliphatic rings. The molecule has 0 heterocycles. The molecule has 0 saturated carbocycles. The summed E-state index contributed by atoms with van der Waals surface area (Å²) in [7, 11) is 0. The summed E-state index contributed by atoms with van der Waals surface area (Å²) in [6, 6.07) is 15.7. The first-order valence-electron chi connectivity index (χ1n) is 5.75. The minimum Gasteiger partial charge on any atom is -0.397 e. The van der Waals surface area contributed by atoms with Crippen LogP contribution in [0.2, 0.25) is 5.32 Å². The quantitative estimate of drug-likeness (QED) is 0.487. The van der Waals surface area contributed by atoms with Crippen LogP contribution in [-0.2, 0) is 0 Å². The Balaban J connectivity index is 0.000000312. The first-order valence-corrected chi connectivity index (χ1v) is 11.3. The number of rotatable bonds is 3. The Labute approximate surface area is 127 Å². The van der Waals surface area contributed by atoms with Gasteiger partial charge in [-0.1, -0.05) is 42.5 Å². The van der Waals surface area contributed by atoms with Gasteiger partial charge in [0.05, 0.1) is 11.4 Å². The summed E-state index contributed by atoms with van der Waals surface area (Å²) < 4.78 is 0. The second-order valence-electron chi connectivity index (χ2n) is 3.75. The van der Waals surface area contributed by atoms with Crippen LogP contribution in [0.1, 0.15) is 0 Å². The maximum atomic E-state index is 5.89. The Kier molecular flexibility index (Phi) is 7.39. The van der Waals surface area contributed by atoms with Crippen LogP contribution in [0.4, 0.5) is 11.4 Å². The molecule has 4 heteroatoms. The summed E-state index contributed by atoms with van der Waals surface area (Å²) in [4.78, 5) is 0. The zero-order valence-electron chi connectivity index (χ0n) is 10.6. The number of nitrogen functional groups attached to an aromatic ring is 2. The Morgan fingerprint density at radius 2 is 1.74 bits per heavy atom. The van der Waals surface area contributed by atoms with E-state index < -0.39 is 0 Å². The van der Waals surface area contributed by atoms with E-state index in [1.807, 2.05) is 54.6 Å². The molecule has 1 radical (unpaired) electrons. The first kappa shape index (κ1) is 15.9. The van der Waals surface area contributed by atoms with Crippen molar-refractivity contribution in [2.24, 2.45) is 0 Å². The molecule has 0 atom stereocenters. The van der Waals surface area contributed by atoms with E-state index in [0.29, 0.717) is 24.5 Å². The Hall–Kier alpha value is -1.18. The van der Waals surface area contributed by atoms with Gasteiger partial charge < -0.3 is 11.5 Å². The van der Waals surface area contributed by atoms with E-state index in [-0.39, 0.29) is 0 Å². The number of nitrogens with two attached hydrogens (primary N) is 2. The third-order valence-electron chi connectivity index (χ3n) is 2.41. The van der Waals surface area contributed by atoms with E-state index >= 15 is 0 Å². The number of anilines is 2. The molecule has 0 aliphatic carbocycles. The molecule has 0 aliphatic heterocycles. The van der Waals surface area contributed by atoms with Crippen LogP contribution in [0.3, 0.4) is 0 Å². The zero-order valence-corrected chi connectivity index (χ0v) is 14.0. The van der Waals surface area contributed by atoms with E-state index in [2.05, 4.69) is 20.8 Å². The SMILES string of the molecule is C=CC[Se][Se].Nc1cccc(-c2ccccc2)c1N. The monoisotopic (exact) mass is 385 g/mol. The average molecular weight is 383 g/mol. The maximum Gasteiger partial charge on any atom is 0.0627 e. The molecule has 0 fully saturated rings. The molecule has 0 amide bonds. The van der Waals surface area contributed by atoms with Crippen molar-refractivity contribution < 1.29 is 0 Å². The summed E-state index contributed by atoms with van der Waals surface area (Å²) >= 11 is 3.62. The van der Waals surface area contributed by atoms with E-state index in [9.17, 15) is 0 Å². The Morgan fingerprint density at radius 1 is 1.05 bits per heavy atom. The van der Waals surface area contributed by atoms with Gasteiger partial charge in [-0.15, -0.1) is 0 Å². The van der Waals surface area contributed by atoms with Gasteiger partial charge in [-0.2, -0.15) is 0 Å². The van der Waals surface area contributed by atoms with Gasteiger partial charge >= 0.3 is 45.3 Å². The summed E-state index contributed by atoms with van der Waals surface area (Å²) in [5.41, 5.74) is 15.0. The van der Waals surface area contributed by atoms with Crippen LogP contribution >= 0.6 is 0 Å². The fourth-order valence-corrected chi connectivity index (χ4v) is 2.75. The van der Waals surface area contributed by atoms with Crippen LogP contribution in [0.25, 0.3) is 11.1 Å². The fourth-order valence-electron chi connectivity index (χ4n) is 1.50. The summed E-state index contributed by atoms with van der Waals surface area (Å²) in [5, 5.41) is 1.16. The van der Waals surface area contributed by atoms with Crippen molar-refractivity contribution in [3.05, 3.63) is 61.2 Å².